The van der Waals surface area contributed by atoms with Crippen molar-refractivity contribution in [2.24, 2.45) is 0 Å². The Kier molecular flexibility index (Phi) is 5.08. The van der Waals surface area contributed by atoms with Crippen LogP contribution in [0.3, 0.4) is 0 Å². The lowest BCUT2D eigenvalue weighted by atomic mass is 10.1. The Morgan fingerprint density at radius 1 is 1.09 bits per heavy atom. The van der Waals surface area contributed by atoms with Gasteiger partial charge >= 0.3 is 0 Å². The van der Waals surface area contributed by atoms with Crippen LogP contribution in [0.2, 0.25) is 0 Å². The number of halogens is 1. The molecule has 7 nitrogen and oxygen atoms in total. The molecule has 158 valence electrons. The number of rotatable bonds is 5. The van der Waals surface area contributed by atoms with Gasteiger partial charge in [-0.1, -0.05) is 24.3 Å². The van der Waals surface area contributed by atoms with Crippen LogP contribution in [-0.4, -0.2) is 25.1 Å². The molecule has 5 aromatic rings. The molecule has 9 heteroatoms. The molecule has 0 spiro atoms. The van der Waals surface area contributed by atoms with E-state index in [0.29, 0.717) is 11.3 Å². The second-order valence-electron chi connectivity index (χ2n) is 7.10. The third-order valence-electron chi connectivity index (χ3n) is 4.83. The Morgan fingerprint density at radius 3 is 2.81 bits per heavy atom. The molecule has 3 aromatic heterocycles. The van der Waals surface area contributed by atoms with Gasteiger partial charge in [-0.25, -0.2) is 14.1 Å². The van der Waals surface area contributed by atoms with E-state index in [4.69, 9.17) is 0 Å². The largest absolute Gasteiger partial charge is 0.321 e. The first-order valence-electron chi connectivity index (χ1n) is 9.72. The maximum atomic E-state index is 13.4. The number of imidazole rings is 1. The topological polar surface area (TPSA) is 81.3 Å². The van der Waals surface area contributed by atoms with Crippen molar-refractivity contribution in [3.8, 4) is 11.3 Å². The van der Waals surface area contributed by atoms with Gasteiger partial charge in [0.25, 0.3) is 11.5 Å². The van der Waals surface area contributed by atoms with Gasteiger partial charge in [-0.15, -0.1) is 11.3 Å². The molecule has 0 radical (unpaired) electrons. The van der Waals surface area contributed by atoms with E-state index in [-0.39, 0.29) is 17.8 Å². The second-order valence-corrected chi connectivity index (χ2v) is 7.97. The first kappa shape index (κ1) is 19.8. The van der Waals surface area contributed by atoms with Gasteiger partial charge in [0.1, 0.15) is 11.5 Å². The minimum absolute atomic E-state index is 0.0602. The molecule has 0 fully saturated rings. The van der Waals surface area contributed by atoms with Crippen LogP contribution in [0, 0.1) is 5.82 Å². The van der Waals surface area contributed by atoms with Crippen LogP contribution < -0.4 is 10.9 Å². The van der Waals surface area contributed by atoms with Gasteiger partial charge < -0.3 is 5.32 Å². The predicted molar refractivity (Wildman–Crippen MR) is 120 cm³/mol. The molecule has 0 bridgehead atoms. The van der Waals surface area contributed by atoms with E-state index in [1.165, 1.54) is 24.3 Å². The molecule has 0 saturated carbocycles. The zero-order valence-electron chi connectivity index (χ0n) is 16.6. The maximum absolute atomic E-state index is 13.4. The molecule has 2 aromatic carbocycles. The molecule has 32 heavy (non-hydrogen) atoms. The van der Waals surface area contributed by atoms with Crippen molar-refractivity contribution in [3.05, 3.63) is 106 Å². The van der Waals surface area contributed by atoms with Crippen molar-refractivity contribution < 1.29 is 9.18 Å². The fourth-order valence-electron chi connectivity index (χ4n) is 3.31. The van der Waals surface area contributed by atoms with Crippen molar-refractivity contribution in [1.29, 1.82) is 0 Å². The molecule has 0 atom stereocenters. The monoisotopic (exact) mass is 445 g/mol. The normalized spacial score (nSPS) is 11.0. The Balaban J connectivity index is 1.37. The number of amides is 1. The number of aromatic nitrogens is 4. The third kappa shape index (κ3) is 4.06. The van der Waals surface area contributed by atoms with Crippen LogP contribution in [0.15, 0.2) is 83.2 Å². The number of carbonyl (C=O) groups is 1. The first-order valence-corrected chi connectivity index (χ1v) is 10.6. The SMILES string of the molecule is O=C(Nc1cccc(-c2cn3ccsc3n2)c1)c1ccc(=O)n(Cc2cccc(F)c2)n1. The van der Waals surface area contributed by atoms with Crippen LogP contribution in [0.4, 0.5) is 10.1 Å². The molecule has 1 amide bonds. The summed E-state index contributed by atoms with van der Waals surface area (Å²) >= 11 is 1.54. The average molecular weight is 445 g/mol. The Labute approximate surface area is 185 Å². The fourth-order valence-corrected chi connectivity index (χ4v) is 4.01. The highest BCUT2D eigenvalue weighted by molar-refractivity contribution is 7.15. The number of carbonyl (C=O) groups excluding carboxylic acids is 1. The number of fused-ring (bicyclic) bond motifs is 1. The number of benzene rings is 2. The zero-order chi connectivity index (χ0) is 22.1. The molecule has 0 saturated heterocycles. The van der Waals surface area contributed by atoms with Crippen LogP contribution in [-0.2, 0) is 6.54 Å². The van der Waals surface area contributed by atoms with Gasteiger partial charge in [0, 0.05) is 35.1 Å². The van der Waals surface area contributed by atoms with Gasteiger partial charge in [-0.3, -0.25) is 14.0 Å². The van der Waals surface area contributed by atoms with E-state index in [2.05, 4.69) is 15.4 Å². The molecule has 5 rings (SSSR count). The van der Waals surface area contributed by atoms with Gasteiger partial charge in [0.05, 0.1) is 12.2 Å². The van der Waals surface area contributed by atoms with Gasteiger partial charge in [-0.05, 0) is 35.9 Å². The van der Waals surface area contributed by atoms with Crippen LogP contribution >= 0.6 is 11.3 Å². The summed E-state index contributed by atoms with van der Waals surface area (Å²) in [6, 6.07) is 15.9. The van der Waals surface area contributed by atoms with Crippen LogP contribution in [0.1, 0.15) is 16.1 Å². The van der Waals surface area contributed by atoms with Crippen molar-refractivity contribution in [2.45, 2.75) is 6.54 Å². The Hall–Kier alpha value is -4.11. The summed E-state index contributed by atoms with van der Waals surface area (Å²) in [7, 11) is 0. The molecule has 0 unspecified atom stereocenters. The van der Waals surface area contributed by atoms with E-state index >= 15 is 0 Å². The molecule has 0 aliphatic rings. The number of anilines is 1. The second kappa shape index (κ2) is 8.20. The number of nitrogens with zero attached hydrogens (tertiary/aromatic N) is 4. The summed E-state index contributed by atoms with van der Waals surface area (Å²) < 4.78 is 16.5. The molecular formula is C23H16FN5O2S. The van der Waals surface area contributed by atoms with Gasteiger partial charge in [-0.2, -0.15) is 5.10 Å². The quantitative estimate of drug-likeness (QED) is 0.442. The van der Waals surface area contributed by atoms with Crippen molar-refractivity contribution in [3.63, 3.8) is 0 Å². The summed E-state index contributed by atoms with van der Waals surface area (Å²) in [4.78, 5) is 30.4. The van der Waals surface area contributed by atoms with E-state index in [1.807, 2.05) is 40.4 Å². The highest BCUT2D eigenvalue weighted by Gasteiger charge is 2.12. The third-order valence-corrected chi connectivity index (χ3v) is 5.60. The van der Waals surface area contributed by atoms with E-state index < -0.39 is 11.7 Å². The molecular weight excluding hydrogens is 429 g/mol. The van der Waals surface area contributed by atoms with E-state index in [9.17, 15) is 14.0 Å². The molecule has 3 heterocycles. The molecule has 0 aliphatic heterocycles. The van der Waals surface area contributed by atoms with Gasteiger partial charge in [0.15, 0.2) is 4.96 Å². The summed E-state index contributed by atoms with van der Waals surface area (Å²) in [5.41, 5.74) is 2.51. The zero-order valence-corrected chi connectivity index (χ0v) is 17.4. The molecule has 0 aliphatic carbocycles. The predicted octanol–water partition coefficient (Wildman–Crippen LogP) is 4.06. The first-order chi connectivity index (χ1) is 15.5. The highest BCUT2D eigenvalue weighted by Crippen LogP contribution is 2.24. The lowest BCUT2D eigenvalue weighted by molar-refractivity contribution is 0.102. The summed E-state index contributed by atoms with van der Waals surface area (Å²) in [5.74, 6) is -0.858. The Bertz CT molecular complexity index is 1480. The lowest BCUT2D eigenvalue weighted by Crippen LogP contribution is -2.26. The lowest BCUT2D eigenvalue weighted by Gasteiger charge is -2.09. The minimum atomic E-state index is -0.457. The minimum Gasteiger partial charge on any atom is -0.321 e. The molecule has 1 N–H and O–H groups in total. The standard InChI is InChI=1S/C23H16FN5O2S/c24-17-5-1-3-15(11-17)13-29-21(30)8-7-19(27-29)22(31)25-18-6-2-4-16(12-18)20-14-28-9-10-32-23(28)26-20/h1-12,14H,13H2,(H,25,31). The van der Waals surface area contributed by atoms with Crippen molar-refractivity contribution in [2.75, 3.05) is 5.32 Å². The highest BCUT2D eigenvalue weighted by atomic mass is 32.1. The average Bonchev–Trinajstić information content (AvgIpc) is 3.38. The smallest absolute Gasteiger partial charge is 0.276 e. The number of thiazole rings is 1. The van der Waals surface area contributed by atoms with E-state index in [1.54, 1.807) is 29.5 Å². The van der Waals surface area contributed by atoms with Crippen LogP contribution in [0.5, 0.6) is 0 Å². The maximum Gasteiger partial charge on any atom is 0.276 e. The van der Waals surface area contributed by atoms with Crippen molar-refractivity contribution in [1.82, 2.24) is 19.2 Å². The van der Waals surface area contributed by atoms with Crippen molar-refractivity contribution >= 4 is 27.9 Å². The fraction of sp³-hybridized carbons (Fsp3) is 0.0435. The number of nitrogens with one attached hydrogen (secondary N) is 1. The van der Waals surface area contributed by atoms with E-state index in [0.717, 1.165) is 20.9 Å². The number of hydrogen-bond acceptors (Lipinski definition) is 5. The van der Waals surface area contributed by atoms with Crippen LogP contribution in [0.25, 0.3) is 16.2 Å². The van der Waals surface area contributed by atoms with Gasteiger partial charge in [0.2, 0.25) is 0 Å². The Morgan fingerprint density at radius 2 is 1.97 bits per heavy atom. The summed E-state index contributed by atoms with van der Waals surface area (Å²) in [6.07, 6.45) is 3.86. The summed E-state index contributed by atoms with van der Waals surface area (Å²) in [5, 5.41) is 8.92. The summed E-state index contributed by atoms with van der Waals surface area (Å²) in [6.45, 7) is 0.0602. The number of hydrogen-bond donors (Lipinski definition) is 1.